The predicted molar refractivity (Wildman–Crippen MR) is 49.1 cm³/mol. The van der Waals surface area contributed by atoms with Crippen LogP contribution in [0.4, 0.5) is 0 Å². The topological polar surface area (TPSA) is 30.5 Å². The van der Waals surface area contributed by atoms with E-state index in [1.54, 1.807) is 14.2 Å². The van der Waals surface area contributed by atoms with Gasteiger partial charge in [-0.05, 0) is 25.6 Å². The van der Waals surface area contributed by atoms with Gasteiger partial charge in [-0.2, -0.15) is 0 Å². The lowest BCUT2D eigenvalue weighted by Gasteiger charge is -2.09. The second-order valence-corrected chi connectivity index (χ2v) is 4.78. The van der Waals surface area contributed by atoms with Gasteiger partial charge >= 0.3 is 9.28 Å². The summed E-state index contributed by atoms with van der Waals surface area (Å²) >= 11 is 0. The predicted octanol–water partition coefficient (Wildman–Crippen LogP) is 0.499. The zero-order valence-electron chi connectivity index (χ0n) is 7.72. The zero-order valence-corrected chi connectivity index (χ0v) is 8.88. The summed E-state index contributed by atoms with van der Waals surface area (Å²) in [6.45, 7) is 4.24. The molecule has 68 valence electrons. The van der Waals surface area contributed by atoms with Crippen molar-refractivity contribution in [3.8, 4) is 0 Å². The lowest BCUT2D eigenvalue weighted by atomic mass is 10.5. The molecule has 0 bridgehead atoms. The fourth-order valence-electron chi connectivity index (χ4n) is 0.902. The SMILES string of the molecule is CCNCCC[SiH](OC)OC. The van der Waals surface area contributed by atoms with Gasteiger partial charge in [0, 0.05) is 14.2 Å². The maximum absolute atomic E-state index is 5.17. The van der Waals surface area contributed by atoms with E-state index in [1.165, 1.54) is 0 Å². The Morgan fingerprint density at radius 2 is 1.91 bits per heavy atom. The molecular formula is C7H19NO2Si. The fraction of sp³-hybridized carbons (Fsp3) is 1.00. The van der Waals surface area contributed by atoms with Gasteiger partial charge in [0.2, 0.25) is 0 Å². The third-order valence-electron chi connectivity index (χ3n) is 1.57. The first kappa shape index (κ1) is 11.1. The third kappa shape index (κ3) is 6.49. The smallest absolute Gasteiger partial charge is 0.320 e. The van der Waals surface area contributed by atoms with Crippen molar-refractivity contribution in [1.29, 1.82) is 0 Å². The monoisotopic (exact) mass is 177 g/mol. The van der Waals surface area contributed by atoms with Crippen LogP contribution >= 0.6 is 0 Å². The van der Waals surface area contributed by atoms with Crippen molar-refractivity contribution in [2.45, 2.75) is 19.4 Å². The van der Waals surface area contributed by atoms with E-state index in [1.807, 2.05) is 0 Å². The molecule has 4 heteroatoms. The molecule has 0 aromatic carbocycles. The molecule has 0 rings (SSSR count). The fourth-order valence-corrected chi connectivity index (χ4v) is 2.10. The third-order valence-corrected chi connectivity index (χ3v) is 3.50. The Bertz CT molecular complexity index is 78.8. The highest BCUT2D eigenvalue weighted by atomic mass is 28.3. The Labute approximate surface area is 70.9 Å². The van der Waals surface area contributed by atoms with Crippen molar-refractivity contribution < 1.29 is 8.85 Å². The van der Waals surface area contributed by atoms with E-state index in [2.05, 4.69) is 12.2 Å². The summed E-state index contributed by atoms with van der Waals surface area (Å²) in [6, 6.07) is 1.10. The second kappa shape index (κ2) is 8.20. The molecule has 0 aliphatic rings. The molecule has 0 unspecified atom stereocenters. The molecule has 0 fully saturated rings. The molecule has 0 saturated heterocycles. The largest absolute Gasteiger partial charge is 0.400 e. The normalized spacial score (nSPS) is 10.9. The summed E-state index contributed by atoms with van der Waals surface area (Å²) in [5, 5.41) is 3.26. The van der Waals surface area contributed by atoms with Crippen LogP contribution in [0.5, 0.6) is 0 Å². The van der Waals surface area contributed by atoms with Gasteiger partial charge in [-0.25, -0.2) is 0 Å². The standard InChI is InChI=1S/C7H19NO2Si/c1-4-8-6-5-7-11(9-2)10-3/h8,11H,4-7H2,1-3H3. The van der Waals surface area contributed by atoms with E-state index in [-0.39, 0.29) is 0 Å². The molecule has 0 aliphatic carbocycles. The first-order chi connectivity index (χ1) is 5.35. The summed E-state index contributed by atoms with van der Waals surface area (Å²) in [7, 11) is 2.18. The van der Waals surface area contributed by atoms with Crippen LogP contribution in [0.2, 0.25) is 6.04 Å². The van der Waals surface area contributed by atoms with Gasteiger partial charge in [0.05, 0.1) is 0 Å². The molecule has 0 aromatic heterocycles. The van der Waals surface area contributed by atoms with Gasteiger partial charge in [0.25, 0.3) is 0 Å². The molecule has 0 radical (unpaired) electrons. The first-order valence-corrected chi connectivity index (χ1v) is 5.87. The van der Waals surface area contributed by atoms with Crippen LogP contribution in [-0.2, 0) is 8.85 Å². The highest BCUT2D eigenvalue weighted by molar-refractivity contribution is 6.44. The maximum Gasteiger partial charge on any atom is 0.320 e. The van der Waals surface area contributed by atoms with E-state index in [4.69, 9.17) is 8.85 Å². The van der Waals surface area contributed by atoms with Gasteiger partial charge in [0.1, 0.15) is 0 Å². The summed E-state index contributed by atoms with van der Waals surface area (Å²) in [5.41, 5.74) is 0. The Balaban J connectivity index is 3.07. The summed E-state index contributed by atoms with van der Waals surface area (Å²) in [4.78, 5) is 0. The molecule has 11 heavy (non-hydrogen) atoms. The van der Waals surface area contributed by atoms with Gasteiger partial charge in [-0.3, -0.25) is 0 Å². The second-order valence-electron chi connectivity index (χ2n) is 2.40. The first-order valence-electron chi connectivity index (χ1n) is 4.11. The molecule has 0 heterocycles. The van der Waals surface area contributed by atoms with Gasteiger partial charge < -0.3 is 14.2 Å². The Kier molecular flexibility index (Phi) is 8.27. The molecule has 0 atom stereocenters. The summed E-state index contributed by atoms with van der Waals surface area (Å²) < 4.78 is 10.3. The summed E-state index contributed by atoms with van der Waals surface area (Å²) in [5.74, 6) is 0. The van der Waals surface area contributed by atoms with Crippen LogP contribution < -0.4 is 5.32 Å². The average Bonchev–Trinajstić information content (AvgIpc) is 2.05. The van der Waals surface area contributed by atoms with Crippen LogP contribution in [0.3, 0.4) is 0 Å². The molecular weight excluding hydrogens is 158 g/mol. The minimum absolute atomic E-state index is 1.05. The zero-order chi connectivity index (χ0) is 8.53. The van der Waals surface area contributed by atoms with E-state index in [0.29, 0.717) is 0 Å². The maximum atomic E-state index is 5.17. The number of nitrogens with one attached hydrogen (secondary N) is 1. The molecule has 0 aromatic rings. The van der Waals surface area contributed by atoms with Crippen molar-refractivity contribution in [3.05, 3.63) is 0 Å². The lowest BCUT2D eigenvalue weighted by Crippen LogP contribution is -2.21. The number of hydrogen-bond donors (Lipinski definition) is 1. The van der Waals surface area contributed by atoms with Crippen molar-refractivity contribution >= 4 is 9.28 Å². The van der Waals surface area contributed by atoms with Crippen LogP contribution in [-0.4, -0.2) is 36.6 Å². The average molecular weight is 177 g/mol. The lowest BCUT2D eigenvalue weighted by molar-refractivity contribution is 0.276. The Morgan fingerprint density at radius 1 is 1.27 bits per heavy atom. The Hall–Kier alpha value is 0.0969. The molecule has 0 saturated carbocycles. The minimum atomic E-state index is -1.27. The van der Waals surface area contributed by atoms with Crippen LogP contribution in [0.1, 0.15) is 13.3 Å². The van der Waals surface area contributed by atoms with E-state index in [9.17, 15) is 0 Å². The van der Waals surface area contributed by atoms with Crippen molar-refractivity contribution in [2.75, 3.05) is 27.3 Å². The Morgan fingerprint density at radius 3 is 2.36 bits per heavy atom. The van der Waals surface area contributed by atoms with Crippen LogP contribution in [0.25, 0.3) is 0 Å². The highest BCUT2D eigenvalue weighted by Crippen LogP contribution is 1.97. The van der Waals surface area contributed by atoms with Crippen molar-refractivity contribution in [3.63, 3.8) is 0 Å². The number of rotatable bonds is 7. The molecule has 1 N–H and O–H groups in total. The van der Waals surface area contributed by atoms with E-state index >= 15 is 0 Å². The van der Waals surface area contributed by atoms with Crippen LogP contribution in [0.15, 0.2) is 0 Å². The highest BCUT2D eigenvalue weighted by Gasteiger charge is 2.07. The van der Waals surface area contributed by atoms with Gasteiger partial charge in [-0.15, -0.1) is 0 Å². The van der Waals surface area contributed by atoms with Crippen molar-refractivity contribution in [2.24, 2.45) is 0 Å². The van der Waals surface area contributed by atoms with Crippen LogP contribution in [0, 0.1) is 0 Å². The van der Waals surface area contributed by atoms with E-state index < -0.39 is 9.28 Å². The molecule has 0 aliphatic heterocycles. The van der Waals surface area contributed by atoms with Gasteiger partial charge in [0.15, 0.2) is 0 Å². The molecule has 0 amide bonds. The minimum Gasteiger partial charge on any atom is -0.400 e. The quantitative estimate of drug-likeness (QED) is 0.454. The van der Waals surface area contributed by atoms with Crippen molar-refractivity contribution in [1.82, 2.24) is 5.32 Å². The molecule has 0 spiro atoms. The number of hydrogen-bond acceptors (Lipinski definition) is 3. The van der Waals surface area contributed by atoms with E-state index in [0.717, 1.165) is 25.6 Å². The van der Waals surface area contributed by atoms with Gasteiger partial charge in [-0.1, -0.05) is 6.92 Å². The molecule has 3 nitrogen and oxygen atoms in total. The summed E-state index contributed by atoms with van der Waals surface area (Å²) in [6.07, 6.45) is 1.16.